The maximum atomic E-state index is 11.3. The third kappa shape index (κ3) is 10.6. The highest BCUT2D eigenvalue weighted by Gasteiger charge is 2.05. The Bertz CT molecular complexity index is 172. The summed E-state index contributed by atoms with van der Waals surface area (Å²) in [5, 5.41) is 0. The molecule has 0 fully saturated rings. The molecule has 0 aromatic carbocycles. The van der Waals surface area contributed by atoms with Crippen molar-refractivity contribution in [1.29, 1.82) is 0 Å². The number of ketones is 1. The van der Waals surface area contributed by atoms with E-state index >= 15 is 0 Å². The first-order valence-corrected chi connectivity index (χ1v) is 7.94. The lowest BCUT2D eigenvalue weighted by Crippen LogP contribution is -2.14. The van der Waals surface area contributed by atoms with Gasteiger partial charge in [0.2, 0.25) is 0 Å². The zero-order valence-electron chi connectivity index (χ0n) is 10.3. The third-order valence-corrected chi connectivity index (χ3v) is 4.47. The van der Waals surface area contributed by atoms with Crippen LogP contribution in [0.4, 0.5) is 0 Å². The molecule has 0 spiro atoms. The van der Waals surface area contributed by atoms with Gasteiger partial charge < -0.3 is 4.90 Å². The number of hydrogen-bond acceptors (Lipinski definition) is 4. The van der Waals surface area contributed by atoms with Crippen LogP contribution in [-0.2, 0) is 4.79 Å². The first kappa shape index (κ1) is 15.3. The van der Waals surface area contributed by atoms with E-state index in [1.165, 1.54) is 0 Å². The van der Waals surface area contributed by atoms with Crippen LogP contribution in [0.25, 0.3) is 0 Å². The number of nitrogens with zero attached hydrogens (tertiary/aromatic N) is 1. The van der Waals surface area contributed by atoms with Gasteiger partial charge in [0.15, 0.2) is 0 Å². The van der Waals surface area contributed by atoms with Crippen molar-refractivity contribution in [3.05, 3.63) is 0 Å². The van der Waals surface area contributed by atoms with E-state index in [2.05, 4.69) is 19.0 Å². The monoisotopic (exact) mass is 249 g/mol. The van der Waals surface area contributed by atoms with Crippen molar-refractivity contribution in [3.8, 4) is 0 Å². The first-order valence-electron chi connectivity index (χ1n) is 5.46. The van der Waals surface area contributed by atoms with E-state index in [9.17, 15) is 4.79 Å². The van der Waals surface area contributed by atoms with Gasteiger partial charge in [-0.25, -0.2) is 0 Å². The molecule has 0 radical (unpaired) electrons. The molecule has 0 rings (SSSR count). The largest absolute Gasteiger partial charge is 0.309 e. The Kier molecular flexibility index (Phi) is 9.76. The summed E-state index contributed by atoms with van der Waals surface area (Å²) in [4.78, 5) is 13.5. The predicted octanol–water partition coefficient (Wildman–Crippen LogP) is 2.93. The molecule has 4 heteroatoms. The van der Waals surface area contributed by atoms with E-state index in [1.807, 2.05) is 35.4 Å². The zero-order valence-corrected chi connectivity index (χ0v) is 11.9. The lowest BCUT2D eigenvalue weighted by Gasteiger charge is -2.08. The lowest BCUT2D eigenvalue weighted by molar-refractivity contribution is -0.121. The molecule has 0 heterocycles. The van der Waals surface area contributed by atoms with Gasteiger partial charge in [0.25, 0.3) is 0 Å². The van der Waals surface area contributed by atoms with E-state index in [1.54, 1.807) is 0 Å². The van der Waals surface area contributed by atoms with Crippen molar-refractivity contribution in [3.63, 3.8) is 0 Å². The average Bonchev–Trinajstić information content (AvgIpc) is 2.15. The van der Waals surface area contributed by atoms with Gasteiger partial charge >= 0.3 is 0 Å². The van der Waals surface area contributed by atoms with Crippen LogP contribution in [0.15, 0.2) is 0 Å². The molecule has 15 heavy (non-hydrogen) atoms. The van der Waals surface area contributed by atoms with Gasteiger partial charge in [-0.05, 0) is 20.5 Å². The Morgan fingerprint density at radius 1 is 1.20 bits per heavy atom. The number of carbonyl (C=O) groups excluding carboxylic acids is 1. The molecule has 0 saturated heterocycles. The maximum Gasteiger partial charge on any atom is 0.135 e. The van der Waals surface area contributed by atoms with Gasteiger partial charge in [-0.2, -0.15) is 0 Å². The zero-order chi connectivity index (χ0) is 11.7. The van der Waals surface area contributed by atoms with Crippen molar-refractivity contribution in [1.82, 2.24) is 4.90 Å². The van der Waals surface area contributed by atoms with Crippen molar-refractivity contribution >= 4 is 27.4 Å². The number of hydrogen-bond donors (Lipinski definition) is 0. The Balaban J connectivity index is 3.15. The van der Waals surface area contributed by atoms with E-state index in [0.717, 1.165) is 30.9 Å². The van der Waals surface area contributed by atoms with E-state index in [-0.39, 0.29) is 5.92 Å². The summed E-state index contributed by atoms with van der Waals surface area (Å²) >= 11 is 0. The van der Waals surface area contributed by atoms with Crippen molar-refractivity contribution in [2.75, 3.05) is 32.1 Å². The Labute approximate surface area is 102 Å². The summed E-state index contributed by atoms with van der Waals surface area (Å²) < 4.78 is 0. The summed E-state index contributed by atoms with van der Waals surface area (Å²) in [7, 11) is 7.97. The van der Waals surface area contributed by atoms with Crippen LogP contribution in [0.1, 0.15) is 26.7 Å². The Morgan fingerprint density at radius 3 is 2.33 bits per heavy atom. The number of Topliss-reactive ketones (excluding diaryl/α,β-unsaturated/α-hetero) is 1. The smallest absolute Gasteiger partial charge is 0.135 e. The van der Waals surface area contributed by atoms with Crippen LogP contribution >= 0.6 is 21.6 Å². The van der Waals surface area contributed by atoms with Gasteiger partial charge in [0.05, 0.1) is 0 Å². The molecule has 0 aliphatic carbocycles. The second kappa shape index (κ2) is 9.55. The van der Waals surface area contributed by atoms with Crippen LogP contribution in [0.3, 0.4) is 0 Å². The summed E-state index contributed by atoms with van der Waals surface area (Å²) in [6.07, 6.45) is 1.77. The molecule has 0 aromatic rings. The molecule has 0 atom stereocenters. The van der Waals surface area contributed by atoms with E-state index < -0.39 is 0 Å². The first-order chi connectivity index (χ1) is 7.04. The molecule has 0 N–H and O–H groups in total. The maximum absolute atomic E-state index is 11.3. The van der Waals surface area contributed by atoms with Crippen LogP contribution in [-0.4, -0.2) is 42.8 Å². The highest BCUT2D eigenvalue weighted by molar-refractivity contribution is 8.76. The fourth-order valence-electron chi connectivity index (χ4n) is 0.932. The highest BCUT2D eigenvalue weighted by atomic mass is 33.1. The standard InChI is InChI=1S/C11H23NOS2/c1-10(2)11(13)6-5-8-14-15-9-7-12(3)4/h10H,5-9H2,1-4H3. The second-order valence-electron chi connectivity index (χ2n) is 4.17. The molecule has 2 nitrogen and oxygen atoms in total. The fourth-order valence-corrected chi connectivity index (χ4v) is 3.15. The molecule has 90 valence electrons. The summed E-state index contributed by atoms with van der Waals surface area (Å²) in [5.41, 5.74) is 0. The second-order valence-corrected chi connectivity index (χ2v) is 6.87. The van der Waals surface area contributed by atoms with Crippen LogP contribution in [0.2, 0.25) is 0 Å². The minimum Gasteiger partial charge on any atom is -0.309 e. The summed E-state index contributed by atoms with van der Waals surface area (Å²) in [6, 6.07) is 0. The quantitative estimate of drug-likeness (QED) is 0.462. The molecule has 0 bridgehead atoms. The molecular formula is C11H23NOS2. The predicted molar refractivity (Wildman–Crippen MR) is 72.5 cm³/mol. The third-order valence-electron chi connectivity index (χ3n) is 2.00. The topological polar surface area (TPSA) is 20.3 Å². The minimum absolute atomic E-state index is 0.205. The van der Waals surface area contributed by atoms with Crippen LogP contribution < -0.4 is 0 Å². The summed E-state index contributed by atoms with van der Waals surface area (Å²) in [6.45, 7) is 5.07. The molecule has 0 aliphatic rings. The molecule has 0 aromatic heterocycles. The van der Waals surface area contributed by atoms with Gasteiger partial charge in [-0.3, -0.25) is 4.79 Å². The van der Waals surface area contributed by atoms with Crippen molar-refractivity contribution < 1.29 is 4.79 Å². The Morgan fingerprint density at radius 2 is 1.80 bits per heavy atom. The van der Waals surface area contributed by atoms with Gasteiger partial charge in [0.1, 0.15) is 5.78 Å². The summed E-state index contributed by atoms with van der Waals surface area (Å²) in [5.74, 6) is 2.86. The normalized spacial score (nSPS) is 11.3. The number of rotatable bonds is 9. The molecule has 0 unspecified atom stereocenters. The number of carbonyl (C=O) groups is 1. The average molecular weight is 249 g/mol. The lowest BCUT2D eigenvalue weighted by atomic mass is 10.1. The minimum atomic E-state index is 0.205. The molecule has 0 amide bonds. The SMILES string of the molecule is CC(C)C(=O)CCCSSCCN(C)C. The van der Waals surface area contributed by atoms with Gasteiger partial charge in [0, 0.05) is 30.4 Å². The van der Waals surface area contributed by atoms with Gasteiger partial charge in [-0.15, -0.1) is 0 Å². The van der Waals surface area contributed by atoms with Gasteiger partial charge in [-0.1, -0.05) is 35.4 Å². The van der Waals surface area contributed by atoms with Crippen molar-refractivity contribution in [2.45, 2.75) is 26.7 Å². The van der Waals surface area contributed by atoms with Crippen LogP contribution in [0.5, 0.6) is 0 Å². The molecule has 0 saturated carbocycles. The highest BCUT2D eigenvalue weighted by Crippen LogP contribution is 2.22. The van der Waals surface area contributed by atoms with Crippen LogP contribution in [0, 0.1) is 5.92 Å². The van der Waals surface area contributed by atoms with E-state index in [4.69, 9.17) is 0 Å². The molecule has 0 aliphatic heterocycles. The van der Waals surface area contributed by atoms with E-state index in [0.29, 0.717) is 5.78 Å². The van der Waals surface area contributed by atoms with Crippen molar-refractivity contribution in [2.24, 2.45) is 5.92 Å². The fraction of sp³-hybridized carbons (Fsp3) is 0.909. The Hall–Kier alpha value is 0.330. The molecular weight excluding hydrogens is 226 g/mol.